The number of rotatable bonds is 4. The first-order chi connectivity index (χ1) is 31.1. The third kappa shape index (κ3) is 6.50. The maximum absolute atomic E-state index is 2.68. The van der Waals surface area contributed by atoms with Crippen LogP contribution in [0, 0.1) is 13.8 Å². The standard InChI is InChI=1S/C63H67BN2/c1-39-30-56-58-57(31-39)66(54-36-48-46(32-40(54)2)60(6,7)28-29-61(48,8)9)53-26-24-43(41-20-16-14-17-21-41)33-50(53)64(58)51-35-47-49(63(12,13)38-62(47,10)11)37-55(51)65(56)52-27-25-44(59(3,4)5)34-45(52)42-22-18-15-19-23-42/h14-27,30-37H,28-29,38H2,1-13H3. The summed E-state index contributed by atoms with van der Waals surface area (Å²) >= 11 is 0. The van der Waals surface area contributed by atoms with Gasteiger partial charge >= 0.3 is 0 Å². The van der Waals surface area contributed by atoms with Crippen molar-refractivity contribution >= 4 is 57.2 Å². The van der Waals surface area contributed by atoms with Gasteiger partial charge < -0.3 is 9.80 Å². The number of nitrogens with zero attached hydrogens (tertiary/aromatic N) is 2. The molecule has 66 heavy (non-hydrogen) atoms. The van der Waals surface area contributed by atoms with Crippen molar-refractivity contribution < 1.29 is 0 Å². The van der Waals surface area contributed by atoms with Crippen LogP contribution in [-0.4, -0.2) is 6.71 Å². The highest BCUT2D eigenvalue weighted by Gasteiger charge is 2.49. The van der Waals surface area contributed by atoms with Crippen molar-refractivity contribution in [3.05, 3.63) is 172 Å². The zero-order chi connectivity index (χ0) is 46.5. The predicted molar refractivity (Wildman–Crippen MR) is 285 cm³/mol. The Kier molecular flexibility index (Phi) is 9.31. The molecule has 0 bridgehead atoms. The van der Waals surface area contributed by atoms with Crippen LogP contribution in [0.25, 0.3) is 22.3 Å². The van der Waals surface area contributed by atoms with Gasteiger partial charge in [0.15, 0.2) is 0 Å². The third-order valence-corrected chi connectivity index (χ3v) is 16.4. The second-order valence-corrected chi connectivity index (χ2v) is 24.2. The normalized spacial score (nSPS) is 18.0. The number of fused-ring (bicyclic) bond motifs is 6. The van der Waals surface area contributed by atoms with Crippen molar-refractivity contribution in [2.45, 2.75) is 136 Å². The van der Waals surface area contributed by atoms with Gasteiger partial charge in [0.25, 0.3) is 6.71 Å². The maximum Gasteiger partial charge on any atom is 0.252 e. The fourth-order valence-electron chi connectivity index (χ4n) is 12.9. The molecule has 0 amide bonds. The van der Waals surface area contributed by atoms with Crippen molar-refractivity contribution in [2.75, 3.05) is 9.80 Å². The van der Waals surface area contributed by atoms with Crippen molar-refractivity contribution in [1.82, 2.24) is 0 Å². The molecule has 0 spiro atoms. The second kappa shape index (κ2) is 14.4. The van der Waals surface area contributed by atoms with E-state index in [0.717, 1.165) is 6.42 Å². The fraction of sp³-hybridized carbons (Fsp3) is 0.333. The molecule has 2 aliphatic heterocycles. The van der Waals surface area contributed by atoms with Gasteiger partial charge in [0.2, 0.25) is 0 Å². The van der Waals surface area contributed by atoms with E-state index < -0.39 is 0 Å². The summed E-state index contributed by atoms with van der Waals surface area (Å²) in [7, 11) is 0. The minimum Gasteiger partial charge on any atom is -0.311 e. The van der Waals surface area contributed by atoms with E-state index in [2.05, 4.69) is 233 Å². The molecule has 3 heteroatoms. The second-order valence-electron chi connectivity index (χ2n) is 24.2. The summed E-state index contributed by atoms with van der Waals surface area (Å²) in [6.07, 6.45) is 3.49. The summed E-state index contributed by atoms with van der Waals surface area (Å²) < 4.78 is 0. The molecule has 0 aromatic heterocycles. The van der Waals surface area contributed by atoms with Gasteiger partial charge in [-0.1, -0.05) is 167 Å². The van der Waals surface area contributed by atoms with Gasteiger partial charge in [0, 0.05) is 34.0 Å². The molecule has 0 N–H and O–H groups in total. The Morgan fingerprint density at radius 2 is 0.955 bits per heavy atom. The first kappa shape index (κ1) is 42.8. The van der Waals surface area contributed by atoms with Gasteiger partial charge in [-0.15, -0.1) is 0 Å². The summed E-state index contributed by atoms with van der Waals surface area (Å²) in [6.45, 7) is 31.4. The van der Waals surface area contributed by atoms with E-state index in [9.17, 15) is 0 Å². The van der Waals surface area contributed by atoms with Crippen LogP contribution < -0.4 is 26.2 Å². The summed E-state index contributed by atoms with van der Waals surface area (Å²) in [4.78, 5) is 5.35. The fourth-order valence-corrected chi connectivity index (χ4v) is 12.9. The minimum atomic E-state index is -0.0108. The molecule has 2 aliphatic carbocycles. The SMILES string of the molecule is Cc1cc2c3c(c1)N(c1ccc(C(C)(C)C)cc1-c1ccccc1)c1cc4c(cc1B3c1cc(-c3ccccc3)ccc1N2c1cc2c(cc1C)C(C)(C)CCC2(C)C)C(C)(C)CC4(C)C. The average Bonchev–Trinajstić information content (AvgIpc) is 3.46. The molecule has 0 saturated heterocycles. The maximum atomic E-state index is 2.68. The molecule has 0 fully saturated rings. The lowest BCUT2D eigenvalue weighted by Gasteiger charge is -2.47. The van der Waals surface area contributed by atoms with Crippen LogP contribution in [0.15, 0.2) is 133 Å². The summed E-state index contributed by atoms with van der Waals surface area (Å²) in [5.74, 6) is 0. The van der Waals surface area contributed by atoms with E-state index in [4.69, 9.17) is 0 Å². The Labute approximate surface area is 396 Å². The first-order valence-corrected chi connectivity index (χ1v) is 24.6. The number of anilines is 6. The number of hydrogen-bond acceptors (Lipinski definition) is 2. The van der Waals surface area contributed by atoms with Gasteiger partial charge in [0.1, 0.15) is 0 Å². The van der Waals surface area contributed by atoms with Crippen molar-refractivity contribution in [1.29, 1.82) is 0 Å². The number of benzene rings is 7. The molecule has 0 unspecified atom stereocenters. The van der Waals surface area contributed by atoms with Crippen LogP contribution >= 0.6 is 0 Å². The van der Waals surface area contributed by atoms with Gasteiger partial charge in [-0.2, -0.15) is 0 Å². The van der Waals surface area contributed by atoms with Crippen molar-refractivity contribution in [3.8, 4) is 22.3 Å². The average molecular weight is 863 g/mol. The van der Waals surface area contributed by atoms with Crippen molar-refractivity contribution in [3.63, 3.8) is 0 Å². The zero-order valence-corrected chi connectivity index (χ0v) is 41.8. The highest BCUT2D eigenvalue weighted by Crippen LogP contribution is 2.55. The molecule has 0 saturated carbocycles. The summed E-state index contributed by atoms with van der Waals surface area (Å²) in [5.41, 5.74) is 26.9. The molecule has 7 aromatic carbocycles. The topological polar surface area (TPSA) is 6.48 Å². The summed E-state index contributed by atoms with van der Waals surface area (Å²) in [6, 6.07) is 52.2. The number of aryl methyl sites for hydroxylation is 2. The van der Waals surface area contributed by atoms with Gasteiger partial charge in [-0.05, 0) is 175 Å². The molecule has 7 aromatic rings. The van der Waals surface area contributed by atoms with Crippen LogP contribution in [-0.2, 0) is 27.1 Å². The zero-order valence-electron chi connectivity index (χ0n) is 41.8. The quantitative estimate of drug-likeness (QED) is 0.163. The Hall–Kier alpha value is -5.80. The summed E-state index contributed by atoms with van der Waals surface area (Å²) in [5, 5.41) is 0. The Morgan fingerprint density at radius 1 is 0.439 bits per heavy atom. The molecule has 0 atom stereocenters. The lowest BCUT2D eigenvalue weighted by Crippen LogP contribution is -2.61. The molecular formula is C63H67BN2. The largest absolute Gasteiger partial charge is 0.311 e. The molecule has 0 radical (unpaired) electrons. The molecule has 2 heterocycles. The monoisotopic (exact) mass is 863 g/mol. The highest BCUT2D eigenvalue weighted by molar-refractivity contribution is 7.00. The Bertz CT molecular complexity index is 3120. The molecule has 11 rings (SSSR count). The molecule has 332 valence electrons. The molecule has 4 aliphatic rings. The van der Waals surface area contributed by atoms with Crippen LogP contribution in [0.3, 0.4) is 0 Å². The van der Waals surface area contributed by atoms with Gasteiger partial charge in [-0.3, -0.25) is 0 Å². The Morgan fingerprint density at radius 3 is 1.58 bits per heavy atom. The number of hydrogen-bond donors (Lipinski definition) is 0. The first-order valence-electron chi connectivity index (χ1n) is 24.6. The van der Waals surface area contributed by atoms with Crippen LogP contribution in [0.2, 0.25) is 0 Å². The van der Waals surface area contributed by atoms with Gasteiger partial charge in [-0.25, -0.2) is 0 Å². The van der Waals surface area contributed by atoms with Crippen LogP contribution in [0.5, 0.6) is 0 Å². The smallest absolute Gasteiger partial charge is 0.252 e. The van der Waals surface area contributed by atoms with E-state index in [1.165, 1.54) is 125 Å². The third-order valence-electron chi connectivity index (χ3n) is 16.4. The van der Waals surface area contributed by atoms with Crippen LogP contribution in [0.1, 0.15) is 134 Å². The van der Waals surface area contributed by atoms with Crippen LogP contribution in [0.4, 0.5) is 34.1 Å². The highest BCUT2D eigenvalue weighted by atomic mass is 15.2. The van der Waals surface area contributed by atoms with Crippen molar-refractivity contribution in [2.24, 2.45) is 0 Å². The van der Waals surface area contributed by atoms with E-state index in [1.54, 1.807) is 0 Å². The lowest BCUT2D eigenvalue weighted by atomic mass is 9.33. The van der Waals surface area contributed by atoms with E-state index in [0.29, 0.717) is 0 Å². The van der Waals surface area contributed by atoms with E-state index >= 15 is 0 Å². The molecule has 2 nitrogen and oxygen atoms in total. The molecular weight excluding hydrogens is 796 g/mol. The van der Waals surface area contributed by atoms with E-state index in [-0.39, 0.29) is 33.8 Å². The predicted octanol–water partition coefficient (Wildman–Crippen LogP) is 15.3. The minimum absolute atomic E-state index is 0.0108. The lowest BCUT2D eigenvalue weighted by molar-refractivity contribution is 0.332. The Balaban J connectivity index is 1.27. The van der Waals surface area contributed by atoms with Gasteiger partial charge in [0.05, 0.1) is 5.69 Å². The van der Waals surface area contributed by atoms with E-state index in [1.807, 2.05) is 0 Å².